The molecule has 0 fully saturated rings. The van der Waals surface area contributed by atoms with Gasteiger partial charge in [0.2, 0.25) is 5.75 Å². The van der Waals surface area contributed by atoms with E-state index in [9.17, 15) is 29.8 Å². The summed E-state index contributed by atoms with van der Waals surface area (Å²) in [5.41, 5.74) is 2.29. The molecule has 2 aromatic rings. The standard InChI is InChI=1S/C33H36BrN3O8/c1-7-35-22-14-32(3,4)16-24(38)29(22)28(30-23(35)15-33(5,6)17-25(30)39)18-11-20(34)31(27(12-18)44-8-2)45-26-10-9-19(36(40)41)13-21(26)37(42)43/h9-13,28H,7-8,14-17H2,1-6H3. The van der Waals surface area contributed by atoms with Crippen LogP contribution in [0.15, 0.2) is 57.3 Å². The molecule has 1 heterocycles. The number of Topliss-reactive ketones (excluding diaryl/α,β-unsaturated/α-hetero) is 2. The zero-order valence-electron chi connectivity index (χ0n) is 26.2. The van der Waals surface area contributed by atoms with Crippen LogP contribution in [0.3, 0.4) is 0 Å². The Hall–Kier alpha value is -4.06. The first-order valence-corrected chi connectivity index (χ1v) is 15.7. The average molecular weight is 683 g/mol. The summed E-state index contributed by atoms with van der Waals surface area (Å²) in [6, 6.07) is 6.62. The highest BCUT2D eigenvalue weighted by Gasteiger charge is 2.49. The van der Waals surface area contributed by atoms with Gasteiger partial charge in [-0.25, -0.2) is 0 Å². The number of allylic oxidation sites excluding steroid dienone is 4. The number of halogens is 1. The molecule has 2 aliphatic carbocycles. The normalized spacial score (nSPS) is 19.3. The Kier molecular flexibility index (Phi) is 8.41. The van der Waals surface area contributed by atoms with Crippen LogP contribution in [0.4, 0.5) is 11.4 Å². The number of carbonyl (C=O) groups excluding carboxylic acids is 2. The average Bonchev–Trinajstić information content (AvgIpc) is 2.92. The van der Waals surface area contributed by atoms with Crippen molar-refractivity contribution in [2.24, 2.45) is 10.8 Å². The predicted molar refractivity (Wildman–Crippen MR) is 170 cm³/mol. The van der Waals surface area contributed by atoms with Gasteiger partial charge in [-0.2, -0.15) is 0 Å². The van der Waals surface area contributed by atoms with E-state index < -0.39 is 27.1 Å². The number of benzene rings is 2. The van der Waals surface area contributed by atoms with Gasteiger partial charge < -0.3 is 14.4 Å². The first-order valence-electron chi connectivity index (χ1n) is 14.9. The van der Waals surface area contributed by atoms with Crippen molar-refractivity contribution in [1.82, 2.24) is 4.90 Å². The number of non-ortho nitro benzene ring substituents is 1. The molecular weight excluding hydrogens is 646 g/mol. The lowest BCUT2D eigenvalue weighted by atomic mass is 9.63. The van der Waals surface area contributed by atoms with Gasteiger partial charge in [0.1, 0.15) is 0 Å². The Labute approximate surface area is 269 Å². The van der Waals surface area contributed by atoms with Gasteiger partial charge in [-0.15, -0.1) is 0 Å². The number of carbonyl (C=O) groups is 2. The lowest BCUT2D eigenvalue weighted by Gasteiger charge is -2.49. The number of ketones is 2. The molecule has 11 nitrogen and oxygen atoms in total. The van der Waals surface area contributed by atoms with Crippen LogP contribution >= 0.6 is 15.9 Å². The highest BCUT2D eigenvalue weighted by Crippen LogP contribution is 2.55. The monoisotopic (exact) mass is 681 g/mol. The Bertz CT molecular complexity index is 1650. The van der Waals surface area contributed by atoms with Crippen molar-refractivity contribution >= 4 is 38.9 Å². The van der Waals surface area contributed by atoms with E-state index in [-0.39, 0.29) is 46.3 Å². The minimum Gasteiger partial charge on any atom is -0.490 e. The SMILES string of the molecule is CCOc1cc(C2C3=C(CC(C)(C)CC3=O)N(CC)C3=C2C(=O)CC(C)(C)C3)cc(Br)c1Oc1ccc([N+](=O)[O-])cc1[N+](=O)[O-]. The lowest BCUT2D eigenvalue weighted by Crippen LogP contribution is -2.44. The van der Waals surface area contributed by atoms with Crippen molar-refractivity contribution in [2.75, 3.05) is 13.2 Å². The van der Waals surface area contributed by atoms with Crippen LogP contribution in [0.5, 0.6) is 17.2 Å². The van der Waals surface area contributed by atoms with Gasteiger partial charge in [-0.1, -0.05) is 27.7 Å². The third kappa shape index (κ3) is 5.99. The van der Waals surface area contributed by atoms with Gasteiger partial charge in [0.05, 0.1) is 27.0 Å². The summed E-state index contributed by atoms with van der Waals surface area (Å²) < 4.78 is 12.4. The maximum Gasteiger partial charge on any atom is 0.318 e. The van der Waals surface area contributed by atoms with Crippen molar-refractivity contribution in [3.05, 3.63) is 83.1 Å². The fourth-order valence-electron chi connectivity index (χ4n) is 6.84. The van der Waals surface area contributed by atoms with E-state index in [1.165, 1.54) is 6.07 Å². The van der Waals surface area contributed by atoms with E-state index in [2.05, 4.69) is 48.5 Å². The number of ether oxygens (including phenoxy) is 2. The molecule has 0 saturated heterocycles. The summed E-state index contributed by atoms with van der Waals surface area (Å²) >= 11 is 3.56. The van der Waals surface area contributed by atoms with Gasteiger partial charge in [-0.3, -0.25) is 29.8 Å². The summed E-state index contributed by atoms with van der Waals surface area (Å²) in [7, 11) is 0. The summed E-state index contributed by atoms with van der Waals surface area (Å²) in [6.45, 7) is 13.0. The van der Waals surface area contributed by atoms with Crippen molar-refractivity contribution in [3.63, 3.8) is 0 Å². The first kappa shape index (κ1) is 32.3. The molecule has 5 rings (SSSR count). The fourth-order valence-corrected chi connectivity index (χ4v) is 7.38. The molecular formula is C33H36BrN3O8. The van der Waals surface area contributed by atoms with Crippen LogP contribution < -0.4 is 9.47 Å². The minimum atomic E-state index is -0.749. The summed E-state index contributed by atoms with van der Waals surface area (Å²) in [5, 5.41) is 23.0. The van der Waals surface area contributed by atoms with Gasteiger partial charge in [0.25, 0.3) is 5.69 Å². The van der Waals surface area contributed by atoms with Crippen LogP contribution in [-0.4, -0.2) is 39.5 Å². The number of nitro groups is 2. The second-order valence-corrected chi connectivity index (χ2v) is 14.2. The van der Waals surface area contributed by atoms with Crippen molar-refractivity contribution in [2.45, 2.75) is 73.1 Å². The quantitative estimate of drug-likeness (QED) is 0.199. The number of hydrogen-bond donors (Lipinski definition) is 0. The zero-order chi connectivity index (χ0) is 33.0. The Balaban J connectivity index is 1.70. The smallest absolute Gasteiger partial charge is 0.318 e. The minimum absolute atomic E-state index is 0.00444. The van der Waals surface area contributed by atoms with Crippen LogP contribution in [0.2, 0.25) is 0 Å². The number of rotatable bonds is 8. The van der Waals surface area contributed by atoms with Crippen LogP contribution in [0, 0.1) is 31.1 Å². The zero-order valence-corrected chi connectivity index (χ0v) is 27.8. The highest BCUT2D eigenvalue weighted by atomic mass is 79.9. The summed E-state index contributed by atoms with van der Waals surface area (Å²) in [6.07, 6.45) is 2.09. The maximum absolute atomic E-state index is 14.0. The molecule has 0 spiro atoms. The summed E-state index contributed by atoms with van der Waals surface area (Å²) in [4.78, 5) is 51.7. The first-order chi connectivity index (χ1) is 21.1. The number of nitrogens with zero attached hydrogens (tertiary/aromatic N) is 3. The van der Waals surface area contributed by atoms with Crippen LogP contribution in [0.25, 0.3) is 0 Å². The van der Waals surface area contributed by atoms with Gasteiger partial charge in [-0.05, 0) is 77.2 Å². The van der Waals surface area contributed by atoms with Gasteiger partial charge in [0.15, 0.2) is 23.1 Å². The third-order valence-corrected chi connectivity index (χ3v) is 9.15. The molecule has 0 radical (unpaired) electrons. The molecule has 238 valence electrons. The molecule has 3 aliphatic rings. The van der Waals surface area contributed by atoms with Gasteiger partial charge >= 0.3 is 5.69 Å². The molecule has 0 aromatic heterocycles. The molecule has 2 aromatic carbocycles. The van der Waals surface area contributed by atoms with Gasteiger partial charge in [0, 0.05) is 53.9 Å². The van der Waals surface area contributed by atoms with E-state index in [0.29, 0.717) is 53.4 Å². The van der Waals surface area contributed by atoms with E-state index in [1.807, 2.05) is 6.92 Å². The largest absolute Gasteiger partial charge is 0.490 e. The fraction of sp³-hybridized carbons (Fsp3) is 0.455. The second-order valence-electron chi connectivity index (χ2n) is 13.3. The lowest BCUT2D eigenvalue weighted by molar-refractivity contribution is -0.394. The maximum atomic E-state index is 14.0. The van der Waals surface area contributed by atoms with E-state index in [4.69, 9.17) is 9.47 Å². The Morgan fingerprint density at radius 2 is 1.44 bits per heavy atom. The predicted octanol–water partition coefficient (Wildman–Crippen LogP) is 8.16. The van der Waals surface area contributed by atoms with E-state index in [0.717, 1.165) is 23.5 Å². The van der Waals surface area contributed by atoms with E-state index >= 15 is 0 Å². The molecule has 0 N–H and O–H groups in total. The Morgan fingerprint density at radius 3 is 1.93 bits per heavy atom. The number of hydrogen-bond acceptors (Lipinski definition) is 9. The third-order valence-electron chi connectivity index (χ3n) is 8.57. The van der Waals surface area contributed by atoms with E-state index in [1.54, 1.807) is 19.1 Å². The molecule has 0 bridgehead atoms. The molecule has 0 unspecified atom stereocenters. The van der Waals surface area contributed by atoms with Crippen molar-refractivity contribution in [1.29, 1.82) is 0 Å². The molecule has 0 atom stereocenters. The topological polar surface area (TPSA) is 142 Å². The highest BCUT2D eigenvalue weighted by molar-refractivity contribution is 9.10. The molecule has 1 aliphatic heterocycles. The van der Waals surface area contributed by atoms with Crippen molar-refractivity contribution in [3.8, 4) is 17.2 Å². The van der Waals surface area contributed by atoms with Crippen LogP contribution in [-0.2, 0) is 9.59 Å². The second kappa shape index (κ2) is 11.7. The molecule has 0 amide bonds. The molecule has 12 heteroatoms. The summed E-state index contributed by atoms with van der Waals surface area (Å²) in [5.74, 6) is -0.457. The Morgan fingerprint density at radius 1 is 0.867 bits per heavy atom. The van der Waals surface area contributed by atoms with Crippen LogP contribution in [0.1, 0.15) is 78.7 Å². The van der Waals surface area contributed by atoms with Crippen molar-refractivity contribution < 1.29 is 28.9 Å². The molecule has 45 heavy (non-hydrogen) atoms. The number of nitro benzene ring substituents is 2. The molecule has 0 saturated carbocycles.